The van der Waals surface area contributed by atoms with Crippen LogP contribution in [-0.4, -0.2) is 42.5 Å². The molecule has 4 rings (SSSR count). The summed E-state index contributed by atoms with van der Waals surface area (Å²) in [6.45, 7) is 4.35. The van der Waals surface area contributed by atoms with Gasteiger partial charge in [-0.15, -0.1) is 0 Å². The number of carbonyl (C=O) groups excluding carboxylic acids is 3. The third-order valence-corrected chi connectivity index (χ3v) is 8.81. The molecule has 0 saturated heterocycles. The molecule has 2 saturated carbocycles. The van der Waals surface area contributed by atoms with E-state index in [9.17, 15) is 14.4 Å². The van der Waals surface area contributed by atoms with Gasteiger partial charge >= 0.3 is 18.1 Å². The van der Waals surface area contributed by atoms with E-state index in [-0.39, 0.29) is 24.4 Å². The lowest BCUT2D eigenvalue weighted by atomic mass is 9.95. The minimum Gasteiger partial charge on any atom is -0.431 e. The number of hydrogen-bond donors (Lipinski definition) is 0. The Morgan fingerprint density at radius 3 is 1.22 bits per heavy atom. The second-order valence-electron chi connectivity index (χ2n) is 12.5. The second kappa shape index (κ2) is 19.3. The molecule has 2 aromatic carbocycles. The van der Waals surface area contributed by atoms with Crippen LogP contribution >= 0.6 is 0 Å². The van der Waals surface area contributed by atoms with Gasteiger partial charge in [0.05, 0.1) is 11.1 Å². The van der Waals surface area contributed by atoms with E-state index in [2.05, 4.69) is 13.8 Å². The van der Waals surface area contributed by atoms with Crippen LogP contribution in [0.5, 0.6) is 0 Å². The zero-order chi connectivity index (χ0) is 32.6. The molecule has 2 aliphatic carbocycles. The fraction of sp³-hybridized carbons (Fsp3) is 0.595. The van der Waals surface area contributed by atoms with E-state index in [0.717, 1.165) is 25.7 Å². The monoisotopic (exact) mass is 638 g/mol. The maximum absolute atomic E-state index is 12.4. The standard InChI is InChI=1S/C37H50O9/c1-3-5-7-9-27-11-15-29(16-12-27)35(38)45-43-33-23-19-31(20-24-33)41-37(40)42-32-21-25-34(26-22-32)44-46-36(39)30-17-13-28(14-18-30)10-8-6-4-2/h11-18,31-34H,3-10,19-26H2,1-2H3. The molecule has 2 aliphatic rings. The Bertz CT molecular complexity index is 1100. The quantitative estimate of drug-likeness (QED) is 0.0771. The third kappa shape index (κ3) is 12.1. The van der Waals surface area contributed by atoms with Gasteiger partial charge in [-0.05, 0) is 112 Å². The average molecular weight is 639 g/mol. The summed E-state index contributed by atoms with van der Waals surface area (Å²) in [5.41, 5.74) is 3.33. The summed E-state index contributed by atoms with van der Waals surface area (Å²) in [5.74, 6) is -1.02. The molecule has 0 N–H and O–H groups in total. The van der Waals surface area contributed by atoms with Crippen molar-refractivity contribution in [3.8, 4) is 0 Å². The van der Waals surface area contributed by atoms with E-state index in [1.54, 1.807) is 24.3 Å². The van der Waals surface area contributed by atoms with Crippen molar-refractivity contribution >= 4 is 18.1 Å². The lowest BCUT2D eigenvalue weighted by Crippen LogP contribution is -2.32. The first-order chi connectivity index (χ1) is 22.4. The van der Waals surface area contributed by atoms with E-state index in [4.69, 9.17) is 29.0 Å². The Kier molecular flexibility index (Phi) is 14.8. The molecule has 9 heteroatoms. The Labute approximate surface area is 273 Å². The summed E-state index contributed by atoms with van der Waals surface area (Å²) >= 11 is 0. The van der Waals surface area contributed by atoms with Crippen molar-refractivity contribution in [3.63, 3.8) is 0 Å². The van der Waals surface area contributed by atoms with Crippen LogP contribution in [0.15, 0.2) is 48.5 Å². The van der Waals surface area contributed by atoms with Gasteiger partial charge in [0.2, 0.25) is 0 Å². The first kappa shape index (κ1) is 35.4. The topological polar surface area (TPSA) is 107 Å². The molecule has 252 valence electrons. The Morgan fingerprint density at radius 2 is 0.870 bits per heavy atom. The fourth-order valence-corrected chi connectivity index (χ4v) is 5.89. The van der Waals surface area contributed by atoms with Crippen LogP contribution in [0.1, 0.15) is 136 Å². The van der Waals surface area contributed by atoms with Crippen LogP contribution in [0.3, 0.4) is 0 Å². The molecule has 46 heavy (non-hydrogen) atoms. The molecule has 0 aliphatic heterocycles. The van der Waals surface area contributed by atoms with Crippen LogP contribution in [0.2, 0.25) is 0 Å². The molecular weight excluding hydrogens is 588 g/mol. The normalized spacial score (nSPS) is 21.3. The summed E-state index contributed by atoms with van der Waals surface area (Å²) in [6.07, 6.45) is 12.1. The van der Waals surface area contributed by atoms with E-state index >= 15 is 0 Å². The molecular formula is C37H50O9. The highest BCUT2D eigenvalue weighted by molar-refractivity contribution is 5.89. The van der Waals surface area contributed by atoms with E-state index in [1.165, 1.54) is 36.8 Å². The molecule has 0 unspecified atom stereocenters. The molecule has 0 atom stereocenters. The molecule has 0 aromatic heterocycles. The first-order valence-electron chi connectivity index (χ1n) is 17.2. The Balaban J connectivity index is 1.05. The van der Waals surface area contributed by atoms with Crippen LogP contribution in [0, 0.1) is 0 Å². The van der Waals surface area contributed by atoms with Crippen LogP contribution in [0.4, 0.5) is 4.79 Å². The van der Waals surface area contributed by atoms with Gasteiger partial charge in [0.1, 0.15) is 24.4 Å². The zero-order valence-corrected chi connectivity index (χ0v) is 27.4. The largest absolute Gasteiger partial charge is 0.508 e. The van der Waals surface area contributed by atoms with Crippen molar-refractivity contribution in [2.45, 2.75) is 141 Å². The molecule has 0 heterocycles. The van der Waals surface area contributed by atoms with Gasteiger partial charge in [0.15, 0.2) is 0 Å². The van der Waals surface area contributed by atoms with Crippen molar-refractivity contribution in [1.29, 1.82) is 0 Å². The number of benzene rings is 2. The predicted molar refractivity (Wildman–Crippen MR) is 172 cm³/mol. The second-order valence-corrected chi connectivity index (χ2v) is 12.5. The Hall–Kier alpha value is -3.43. The lowest BCUT2D eigenvalue weighted by molar-refractivity contribution is -0.282. The molecule has 2 aromatic rings. The van der Waals surface area contributed by atoms with Gasteiger partial charge in [-0.3, -0.25) is 9.78 Å². The van der Waals surface area contributed by atoms with Gasteiger partial charge in [0.25, 0.3) is 0 Å². The van der Waals surface area contributed by atoms with Crippen molar-refractivity contribution in [2.24, 2.45) is 0 Å². The maximum Gasteiger partial charge on any atom is 0.508 e. The number of rotatable bonds is 16. The number of unbranched alkanes of at least 4 members (excludes halogenated alkanes) is 4. The molecule has 0 radical (unpaired) electrons. The fourth-order valence-electron chi connectivity index (χ4n) is 5.89. The van der Waals surface area contributed by atoms with Crippen molar-refractivity contribution < 1.29 is 43.4 Å². The number of hydrogen-bond acceptors (Lipinski definition) is 9. The number of ether oxygens (including phenoxy) is 2. The molecule has 0 amide bonds. The summed E-state index contributed by atoms with van der Waals surface area (Å²) in [7, 11) is 0. The number of carbonyl (C=O) groups is 3. The van der Waals surface area contributed by atoms with Crippen molar-refractivity contribution in [2.75, 3.05) is 0 Å². The third-order valence-electron chi connectivity index (χ3n) is 8.81. The first-order valence-corrected chi connectivity index (χ1v) is 17.2. The maximum atomic E-state index is 12.4. The van der Waals surface area contributed by atoms with Crippen LogP contribution < -0.4 is 0 Å². The molecule has 2 fully saturated rings. The molecule has 9 nitrogen and oxygen atoms in total. The smallest absolute Gasteiger partial charge is 0.431 e. The molecule has 0 bridgehead atoms. The highest BCUT2D eigenvalue weighted by Crippen LogP contribution is 2.27. The van der Waals surface area contributed by atoms with Crippen molar-refractivity contribution in [3.05, 3.63) is 70.8 Å². The summed E-state index contributed by atoms with van der Waals surface area (Å²) in [6, 6.07) is 14.9. The Morgan fingerprint density at radius 1 is 0.522 bits per heavy atom. The van der Waals surface area contributed by atoms with E-state index in [0.29, 0.717) is 62.5 Å². The highest BCUT2D eigenvalue weighted by atomic mass is 17.2. The number of aryl methyl sites for hydroxylation is 2. The minimum absolute atomic E-state index is 0.243. The van der Waals surface area contributed by atoms with Crippen LogP contribution in [0.25, 0.3) is 0 Å². The summed E-state index contributed by atoms with van der Waals surface area (Å²) < 4.78 is 11.1. The predicted octanol–water partition coefficient (Wildman–Crippen LogP) is 8.80. The van der Waals surface area contributed by atoms with Crippen LogP contribution in [-0.2, 0) is 41.9 Å². The lowest BCUT2D eigenvalue weighted by Gasteiger charge is -2.29. The highest BCUT2D eigenvalue weighted by Gasteiger charge is 2.30. The van der Waals surface area contributed by atoms with Gasteiger partial charge in [-0.25, -0.2) is 14.4 Å². The molecule has 0 spiro atoms. The summed E-state index contributed by atoms with van der Waals surface area (Å²) in [4.78, 5) is 58.2. The van der Waals surface area contributed by atoms with E-state index in [1.807, 2.05) is 24.3 Å². The van der Waals surface area contributed by atoms with Gasteiger partial charge in [-0.1, -0.05) is 63.8 Å². The zero-order valence-electron chi connectivity index (χ0n) is 27.4. The summed E-state index contributed by atoms with van der Waals surface area (Å²) in [5, 5.41) is 0. The average Bonchev–Trinajstić information content (AvgIpc) is 3.08. The SMILES string of the molecule is CCCCCc1ccc(C(=O)OOC2CCC(OC(=O)OC3CCC(OOC(=O)c4ccc(CCCCC)cc4)CC3)CC2)cc1. The minimum atomic E-state index is -0.678. The van der Waals surface area contributed by atoms with Gasteiger partial charge in [0, 0.05) is 0 Å². The van der Waals surface area contributed by atoms with E-state index < -0.39 is 18.1 Å². The van der Waals surface area contributed by atoms with Crippen molar-refractivity contribution in [1.82, 2.24) is 0 Å². The van der Waals surface area contributed by atoms with Gasteiger partial charge < -0.3 is 9.47 Å². The van der Waals surface area contributed by atoms with Gasteiger partial charge in [-0.2, -0.15) is 9.78 Å².